The van der Waals surface area contributed by atoms with E-state index in [0.29, 0.717) is 11.7 Å². The molecule has 1 nitrogen and oxygen atoms in total. The lowest BCUT2D eigenvalue weighted by atomic mass is 9.74. The van der Waals surface area contributed by atoms with Crippen LogP contribution < -0.4 is 0 Å². The predicted octanol–water partition coefficient (Wildman–Crippen LogP) is 4.91. The molecule has 0 spiro atoms. The first kappa shape index (κ1) is 13.8. The molecular formula is C17H28O. The van der Waals surface area contributed by atoms with E-state index in [1.54, 1.807) is 0 Å². The topological polar surface area (TPSA) is 17.1 Å². The molecule has 1 fully saturated rings. The van der Waals surface area contributed by atoms with E-state index < -0.39 is 0 Å². The molecule has 2 aliphatic rings. The summed E-state index contributed by atoms with van der Waals surface area (Å²) in [6.07, 6.45) is 13.0. The average molecular weight is 248 g/mol. The van der Waals surface area contributed by atoms with Gasteiger partial charge >= 0.3 is 0 Å². The number of carbonyl (C=O) groups excluding carboxylic acids is 1. The second kappa shape index (κ2) is 6.54. The molecule has 0 aromatic carbocycles. The summed E-state index contributed by atoms with van der Waals surface area (Å²) in [7, 11) is 0. The number of ketones is 1. The molecule has 0 heterocycles. The van der Waals surface area contributed by atoms with E-state index in [4.69, 9.17) is 0 Å². The first-order valence-electron chi connectivity index (χ1n) is 7.91. The van der Waals surface area contributed by atoms with Gasteiger partial charge in [-0.25, -0.2) is 0 Å². The third-order valence-electron chi connectivity index (χ3n) is 4.94. The van der Waals surface area contributed by atoms with Gasteiger partial charge in [0, 0.05) is 5.92 Å². The summed E-state index contributed by atoms with van der Waals surface area (Å²) in [5.41, 5.74) is 1.17. The maximum atomic E-state index is 12.5. The predicted molar refractivity (Wildman–Crippen MR) is 76.5 cm³/mol. The molecule has 1 saturated carbocycles. The lowest BCUT2D eigenvalue weighted by Gasteiger charge is -2.30. The molecule has 1 heteroatoms. The maximum absolute atomic E-state index is 12.5. The fourth-order valence-electron chi connectivity index (χ4n) is 3.55. The van der Waals surface area contributed by atoms with Crippen LogP contribution >= 0.6 is 0 Å². The quantitative estimate of drug-likeness (QED) is 0.693. The number of carbonyl (C=O) groups is 1. The Kier molecular flexibility index (Phi) is 5.03. The summed E-state index contributed by atoms with van der Waals surface area (Å²) < 4.78 is 0. The van der Waals surface area contributed by atoms with Crippen LogP contribution in [-0.4, -0.2) is 5.78 Å². The molecule has 102 valence electrons. The third kappa shape index (κ3) is 3.46. The van der Waals surface area contributed by atoms with Crippen molar-refractivity contribution < 1.29 is 4.79 Å². The van der Waals surface area contributed by atoms with Crippen LogP contribution in [0.5, 0.6) is 0 Å². The van der Waals surface area contributed by atoms with Crippen LogP contribution in [0.2, 0.25) is 0 Å². The number of hydrogen-bond acceptors (Lipinski definition) is 1. The Morgan fingerprint density at radius 1 is 1.11 bits per heavy atom. The van der Waals surface area contributed by atoms with Gasteiger partial charge in [0.25, 0.3) is 0 Å². The normalized spacial score (nSPS) is 29.8. The zero-order valence-electron chi connectivity index (χ0n) is 12.1. The number of hydrogen-bond donors (Lipinski definition) is 0. The molecule has 0 bridgehead atoms. The van der Waals surface area contributed by atoms with Gasteiger partial charge in [0.2, 0.25) is 0 Å². The average Bonchev–Trinajstić information content (AvgIpc) is 2.67. The monoisotopic (exact) mass is 248 g/mol. The lowest BCUT2D eigenvalue weighted by Crippen LogP contribution is -2.25. The number of rotatable bonds is 3. The summed E-state index contributed by atoms with van der Waals surface area (Å²) in [4.78, 5) is 12.5. The van der Waals surface area contributed by atoms with Crippen molar-refractivity contribution in [2.45, 2.75) is 71.6 Å². The van der Waals surface area contributed by atoms with Crippen LogP contribution in [0.15, 0.2) is 11.6 Å². The van der Waals surface area contributed by atoms with Crippen LogP contribution in [0.25, 0.3) is 0 Å². The largest absolute Gasteiger partial charge is 0.294 e. The minimum absolute atomic E-state index is 0.351. The van der Waals surface area contributed by atoms with Gasteiger partial charge in [0.05, 0.1) is 0 Å². The summed E-state index contributed by atoms with van der Waals surface area (Å²) in [5, 5.41) is 0. The van der Waals surface area contributed by atoms with E-state index in [0.717, 1.165) is 37.5 Å². The molecule has 18 heavy (non-hydrogen) atoms. The summed E-state index contributed by atoms with van der Waals surface area (Å²) in [6.45, 7) is 4.64. The summed E-state index contributed by atoms with van der Waals surface area (Å²) >= 11 is 0. The molecule has 0 aliphatic heterocycles. The van der Waals surface area contributed by atoms with E-state index in [1.807, 2.05) is 0 Å². The third-order valence-corrected chi connectivity index (χ3v) is 4.94. The van der Waals surface area contributed by atoms with Crippen molar-refractivity contribution in [3.63, 3.8) is 0 Å². The SMILES string of the molecule is CC(C)C1CCC(C(=O)C2=CCCCCC2)CC1. The van der Waals surface area contributed by atoms with Gasteiger partial charge in [-0.3, -0.25) is 4.79 Å². The van der Waals surface area contributed by atoms with Gasteiger partial charge < -0.3 is 0 Å². The first-order chi connectivity index (χ1) is 8.68. The number of Topliss-reactive ketones (excluding diaryl/α,β-unsaturated/α-hetero) is 1. The zero-order valence-corrected chi connectivity index (χ0v) is 12.1. The maximum Gasteiger partial charge on any atom is 0.161 e. The Morgan fingerprint density at radius 3 is 2.50 bits per heavy atom. The van der Waals surface area contributed by atoms with Gasteiger partial charge in [-0.15, -0.1) is 0 Å². The molecule has 0 saturated heterocycles. The van der Waals surface area contributed by atoms with E-state index in [-0.39, 0.29) is 0 Å². The molecular weight excluding hydrogens is 220 g/mol. The van der Waals surface area contributed by atoms with Crippen LogP contribution in [0.3, 0.4) is 0 Å². The smallest absolute Gasteiger partial charge is 0.161 e. The highest BCUT2D eigenvalue weighted by molar-refractivity contribution is 5.97. The van der Waals surface area contributed by atoms with Crippen molar-refractivity contribution in [2.24, 2.45) is 17.8 Å². The van der Waals surface area contributed by atoms with Gasteiger partial charge in [-0.2, -0.15) is 0 Å². The van der Waals surface area contributed by atoms with Crippen LogP contribution in [-0.2, 0) is 4.79 Å². The zero-order chi connectivity index (χ0) is 13.0. The van der Waals surface area contributed by atoms with E-state index in [2.05, 4.69) is 19.9 Å². The van der Waals surface area contributed by atoms with E-state index in [9.17, 15) is 4.79 Å². The Morgan fingerprint density at radius 2 is 1.83 bits per heavy atom. The van der Waals surface area contributed by atoms with E-state index in [1.165, 1.54) is 37.7 Å². The molecule has 0 atom stereocenters. The molecule has 0 aromatic rings. The molecule has 0 aromatic heterocycles. The fourth-order valence-corrected chi connectivity index (χ4v) is 3.55. The van der Waals surface area contributed by atoms with Crippen molar-refractivity contribution in [3.8, 4) is 0 Å². The van der Waals surface area contributed by atoms with E-state index >= 15 is 0 Å². The Labute approximate surface area is 112 Å². The van der Waals surface area contributed by atoms with Crippen molar-refractivity contribution in [1.82, 2.24) is 0 Å². The van der Waals surface area contributed by atoms with Crippen LogP contribution in [0.1, 0.15) is 71.6 Å². The highest BCUT2D eigenvalue weighted by Crippen LogP contribution is 2.35. The minimum Gasteiger partial charge on any atom is -0.294 e. The van der Waals surface area contributed by atoms with Gasteiger partial charge in [0.1, 0.15) is 0 Å². The Hall–Kier alpha value is -0.590. The first-order valence-corrected chi connectivity index (χ1v) is 7.91. The standard InChI is InChI=1S/C17H28O/c1-13(2)14-9-11-16(12-10-14)17(18)15-7-5-3-4-6-8-15/h7,13-14,16H,3-6,8-12H2,1-2H3. The van der Waals surface area contributed by atoms with Crippen LogP contribution in [0.4, 0.5) is 0 Å². The second-order valence-electron chi connectivity index (χ2n) is 6.55. The Bertz CT molecular complexity index is 306. The molecule has 0 radical (unpaired) electrons. The lowest BCUT2D eigenvalue weighted by molar-refractivity contribution is -0.120. The highest BCUT2D eigenvalue weighted by Gasteiger charge is 2.29. The Balaban J connectivity index is 1.88. The van der Waals surface area contributed by atoms with Crippen LogP contribution in [0, 0.1) is 17.8 Å². The summed E-state index contributed by atoms with van der Waals surface area (Å²) in [5.74, 6) is 2.50. The number of allylic oxidation sites excluding steroid dienone is 2. The summed E-state index contributed by atoms with van der Waals surface area (Å²) in [6, 6.07) is 0. The van der Waals surface area contributed by atoms with Crippen molar-refractivity contribution in [3.05, 3.63) is 11.6 Å². The highest BCUT2D eigenvalue weighted by atomic mass is 16.1. The van der Waals surface area contributed by atoms with Gasteiger partial charge in [-0.1, -0.05) is 26.3 Å². The van der Waals surface area contributed by atoms with Gasteiger partial charge in [-0.05, 0) is 68.8 Å². The fraction of sp³-hybridized carbons (Fsp3) is 0.824. The van der Waals surface area contributed by atoms with Crippen molar-refractivity contribution >= 4 is 5.78 Å². The molecule has 2 aliphatic carbocycles. The van der Waals surface area contributed by atoms with Crippen molar-refractivity contribution in [2.75, 3.05) is 0 Å². The molecule has 2 rings (SSSR count). The van der Waals surface area contributed by atoms with Crippen molar-refractivity contribution in [1.29, 1.82) is 0 Å². The molecule has 0 unspecified atom stereocenters. The minimum atomic E-state index is 0.351. The second-order valence-corrected chi connectivity index (χ2v) is 6.55. The van der Waals surface area contributed by atoms with Gasteiger partial charge in [0.15, 0.2) is 5.78 Å². The molecule has 0 amide bonds. The molecule has 0 N–H and O–H groups in total.